The lowest BCUT2D eigenvalue weighted by Gasteiger charge is -2.18. The van der Waals surface area contributed by atoms with Gasteiger partial charge in [0.1, 0.15) is 5.82 Å². The molecule has 0 aromatic heterocycles. The summed E-state index contributed by atoms with van der Waals surface area (Å²) in [7, 11) is 0. The number of benzene rings is 1. The third-order valence-electron chi connectivity index (χ3n) is 3.17. The molecule has 1 N–H and O–H groups in total. The molecule has 3 nitrogen and oxygen atoms in total. The van der Waals surface area contributed by atoms with Gasteiger partial charge < -0.3 is 0 Å². The van der Waals surface area contributed by atoms with Gasteiger partial charge in [-0.2, -0.15) is 5.10 Å². The molecule has 1 saturated carbocycles. The molecule has 1 fully saturated rings. The Labute approximate surface area is 106 Å². The van der Waals surface area contributed by atoms with Gasteiger partial charge in [-0.15, -0.1) is 0 Å². The van der Waals surface area contributed by atoms with Crippen molar-refractivity contribution in [3.8, 4) is 0 Å². The van der Waals surface area contributed by atoms with Crippen molar-refractivity contribution >= 4 is 11.6 Å². The van der Waals surface area contributed by atoms with E-state index in [2.05, 4.69) is 17.5 Å². The highest BCUT2D eigenvalue weighted by atomic mass is 19.1. The molecule has 1 aromatic rings. The number of carbonyl (C=O) groups excluding carboxylic acids is 1. The number of rotatable bonds is 2. The molecule has 0 radical (unpaired) electrons. The molecule has 1 aliphatic rings. The number of hydrogen-bond acceptors (Lipinski definition) is 2. The highest BCUT2D eigenvalue weighted by Gasteiger charge is 2.14. The monoisotopic (exact) mass is 248 g/mol. The lowest BCUT2D eigenvalue weighted by atomic mass is 9.89. The maximum absolute atomic E-state index is 12.7. The largest absolute Gasteiger partial charge is 0.271 e. The fourth-order valence-corrected chi connectivity index (χ4v) is 2.16. The summed E-state index contributed by atoms with van der Waals surface area (Å²) in [6, 6.07) is 5.44. The highest BCUT2D eigenvalue weighted by molar-refractivity contribution is 5.95. The quantitative estimate of drug-likeness (QED) is 0.803. The summed E-state index contributed by atoms with van der Waals surface area (Å²) < 4.78 is 12.7. The van der Waals surface area contributed by atoms with E-state index < -0.39 is 0 Å². The van der Waals surface area contributed by atoms with Gasteiger partial charge in [0.05, 0.1) is 0 Å². The maximum atomic E-state index is 12.7. The van der Waals surface area contributed by atoms with E-state index in [1.807, 2.05) is 0 Å². The average molecular weight is 248 g/mol. The Morgan fingerprint density at radius 2 is 2.11 bits per heavy atom. The minimum Gasteiger partial charge on any atom is -0.267 e. The molecule has 0 heterocycles. The average Bonchev–Trinajstić information content (AvgIpc) is 2.37. The zero-order valence-corrected chi connectivity index (χ0v) is 10.4. The molecule has 18 heavy (non-hydrogen) atoms. The van der Waals surface area contributed by atoms with Gasteiger partial charge in [-0.1, -0.05) is 6.92 Å². The molecule has 0 unspecified atom stereocenters. The van der Waals surface area contributed by atoms with Gasteiger partial charge in [-0.3, -0.25) is 4.79 Å². The first-order valence-corrected chi connectivity index (χ1v) is 6.26. The topological polar surface area (TPSA) is 41.5 Å². The number of nitrogens with zero attached hydrogens (tertiary/aromatic N) is 1. The Hall–Kier alpha value is -1.71. The van der Waals surface area contributed by atoms with Crippen LogP contribution in [0.1, 0.15) is 43.0 Å². The van der Waals surface area contributed by atoms with Crippen LogP contribution in [0.4, 0.5) is 4.39 Å². The molecule has 2 rings (SSSR count). The highest BCUT2D eigenvalue weighted by Crippen LogP contribution is 2.20. The van der Waals surface area contributed by atoms with E-state index >= 15 is 0 Å². The minimum absolute atomic E-state index is 0.291. The van der Waals surface area contributed by atoms with Gasteiger partial charge >= 0.3 is 0 Å². The molecule has 0 aliphatic heterocycles. The second kappa shape index (κ2) is 5.76. The fourth-order valence-electron chi connectivity index (χ4n) is 2.16. The van der Waals surface area contributed by atoms with Gasteiger partial charge in [0, 0.05) is 11.3 Å². The van der Waals surface area contributed by atoms with Gasteiger partial charge in [0.2, 0.25) is 0 Å². The molecular weight excluding hydrogens is 231 g/mol. The maximum Gasteiger partial charge on any atom is 0.271 e. The molecule has 96 valence electrons. The van der Waals surface area contributed by atoms with Crippen LogP contribution in [-0.4, -0.2) is 11.6 Å². The van der Waals surface area contributed by atoms with E-state index in [-0.39, 0.29) is 11.7 Å². The molecule has 0 bridgehead atoms. The van der Waals surface area contributed by atoms with Crippen LogP contribution < -0.4 is 5.43 Å². The van der Waals surface area contributed by atoms with Crippen LogP contribution in [0.5, 0.6) is 0 Å². The molecule has 0 spiro atoms. The van der Waals surface area contributed by atoms with Crippen molar-refractivity contribution in [1.82, 2.24) is 5.43 Å². The second-order valence-corrected chi connectivity index (χ2v) is 4.83. The molecule has 1 amide bonds. The van der Waals surface area contributed by atoms with E-state index in [9.17, 15) is 9.18 Å². The van der Waals surface area contributed by atoms with Crippen LogP contribution >= 0.6 is 0 Å². The molecule has 1 atom stereocenters. The SMILES string of the molecule is C[C@@H]1CCC/C(=N/NC(=O)c2ccc(F)cc2)C1. The van der Waals surface area contributed by atoms with E-state index in [4.69, 9.17) is 0 Å². The zero-order valence-electron chi connectivity index (χ0n) is 10.4. The minimum atomic E-state index is -0.348. The first-order chi connectivity index (χ1) is 8.65. The standard InChI is InChI=1S/C14H17FN2O/c1-10-3-2-4-13(9-10)16-17-14(18)11-5-7-12(15)8-6-11/h5-8,10H,2-4,9H2,1H3,(H,17,18)/b16-13-/t10-/m1/s1. The Kier molecular flexibility index (Phi) is 4.07. The van der Waals surface area contributed by atoms with Crippen molar-refractivity contribution < 1.29 is 9.18 Å². The third kappa shape index (κ3) is 3.39. The van der Waals surface area contributed by atoms with Crippen molar-refractivity contribution in [2.45, 2.75) is 32.6 Å². The Morgan fingerprint density at radius 1 is 1.39 bits per heavy atom. The summed E-state index contributed by atoms with van der Waals surface area (Å²) in [6.45, 7) is 2.19. The van der Waals surface area contributed by atoms with Crippen molar-refractivity contribution in [2.75, 3.05) is 0 Å². The van der Waals surface area contributed by atoms with Crippen LogP contribution in [0.3, 0.4) is 0 Å². The van der Waals surface area contributed by atoms with Gasteiger partial charge in [-0.05, 0) is 55.9 Å². The summed E-state index contributed by atoms with van der Waals surface area (Å²) in [5, 5.41) is 4.16. The first-order valence-electron chi connectivity index (χ1n) is 6.26. The van der Waals surface area contributed by atoms with Crippen LogP contribution in [0.25, 0.3) is 0 Å². The van der Waals surface area contributed by atoms with Crippen LogP contribution in [0.15, 0.2) is 29.4 Å². The molecule has 1 aliphatic carbocycles. The molecule has 1 aromatic carbocycles. The fraction of sp³-hybridized carbons (Fsp3) is 0.429. The predicted octanol–water partition coefficient (Wildman–Crippen LogP) is 3.12. The van der Waals surface area contributed by atoms with Crippen LogP contribution in [0.2, 0.25) is 0 Å². The Balaban J connectivity index is 1.95. The number of nitrogens with one attached hydrogen (secondary N) is 1. The molecular formula is C14H17FN2O. The molecule has 0 saturated heterocycles. The molecule has 4 heteroatoms. The summed E-state index contributed by atoms with van der Waals surface area (Å²) in [4.78, 5) is 11.7. The van der Waals surface area contributed by atoms with Gasteiger partial charge in [-0.25, -0.2) is 9.82 Å². The van der Waals surface area contributed by atoms with Gasteiger partial charge in [0.25, 0.3) is 5.91 Å². The number of hydrogen-bond donors (Lipinski definition) is 1. The summed E-state index contributed by atoms with van der Waals surface area (Å²) in [5.41, 5.74) is 4.00. The Bertz CT molecular complexity index is 453. The van der Waals surface area contributed by atoms with Crippen molar-refractivity contribution in [1.29, 1.82) is 0 Å². The normalized spacial score (nSPS) is 21.9. The number of amides is 1. The van der Waals surface area contributed by atoms with Crippen LogP contribution in [-0.2, 0) is 0 Å². The first kappa shape index (κ1) is 12.7. The third-order valence-corrected chi connectivity index (χ3v) is 3.17. The van der Waals surface area contributed by atoms with E-state index in [1.165, 1.54) is 30.7 Å². The smallest absolute Gasteiger partial charge is 0.267 e. The lowest BCUT2D eigenvalue weighted by molar-refractivity contribution is 0.0954. The number of halogens is 1. The number of carbonyl (C=O) groups is 1. The lowest BCUT2D eigenvalue weighted by Crippen LogP contribution is -2.22. The van der Waals surface area contributed by atoms with E-state index in [1.54, 1.807) is 0 Å². The van der Waals surface area contributed by atoms with Crippen LogP contribution in [0, 0.1) is 11.7 Å². The summed E-state index contributed by atoms with van der Waals surface area (Å²) in [5.74, 6) is -0.0000752. The second-order valence-electron chi connectivity index (χ2n) is 4.83. The summed E-state index contributed by atoms with van der Waals surface area (Å²) >= 11 is 0. The van der Waals surface area contributed by atoms with E-state index in [0.717, 1.165) is 25.0 Å². The zero-order chi connectivity index (χ0) is 13.0. The number of hydrazone groups is 1. The predicted molar refractivity (Wildman–Crippen MR) is 68.9 cm³/mol. The van der Waals surface area contributed by atoms with Crippen molar-refractivity contribution in [3.05, 3.63) is 35.6 Å². The Morgan fingerprint density at radius 3 is 2.78 bits per heavy atom. The van der Waals surface area contributed by atoms with Crippen molar-refractivity contribution in [2.24, 2.45) is 11.0 Å². The van der Waals surface area contributed by atoms with Crippen molar-refractivity contribution in [3.63, 3.8) is 0 Å². The summed E-state index contributed by atoms with van der Waals surface area (Å²) in [6.07, 6.45) is 4.26. The van der Waals surface area contributed by atoms with Gasteiger partial charge in [0.15, 0.2) is 0 Å². The van der Waals surface area contributed by atoms with E-state index in [0.29, 0.717) is 11.5 Å².